The zero-order valence-electron chi connectivity index (χ0n) is 7.79. The summed E-state index contributed by atoms with van der Waals surface area (Å²) in [4.78, 5) is 22.8. The summed E-state index contributed by atoms with van der Waals surface area (Å²) in [6.45, 7) is 3.64. The average molecular weight is 266 g/mol. The van der Waals surface area contributed by atoms with Gasteiger partial charge in [0.1, 0.15) is 0 Å². The molecule has 2 rings (SSSR count). The maximum Gasteiger partial charge on any atom is 0.259 e. The Hall–Kier alpha value is -1.42. The minimum Gasteiger partial charge on any atom is -0.288 e. The van der Waals surface area contributed by atoms with Gasteiger partial charge in [0.15, 0.2) is 0 Å². The number of nitrogens with one attached hydrogen (secondary N) is 1. The first-order chi connectivity index (χ1) is 7.15. The first kappa shape index (κ1) is 10.1. The van der Waals surface area contributed by atoms with Gasteiger partial charge < -0.3 is 0 Å². The predicted molar refractivity (Wildman–Crippen MR) is 60.1 cm³/mol. The number of allylic oxidation sites excluding steroid dienone is 1. The van der Waals surface area contributed by atoms with Crippen LogP contribution in [0, 0.1) is 0 Å². The lowest BCUT2D eigenvalue weighted by Gasteiger charge is -2.07. The molecular formula is C11H8BrNO2. The van der Waals surface area contributed by atoms with E-state index in [4.69, 9.17) is 0 Å². The van der Waals surface area contributed by atoms with Crippen LogP contribution < -0.4 is 5.32 Å². The lowest BCUT2D eigenvalue weighted by molar-refractivity contribution is 0.0879. The molecule has 1 heterocycles. The Morgan fingerprint density at radius 1 is 1.33 bits per heavy atom. The van der Waals surface area contributed by atoms with Crippen LogP contribution in [0.3, 0.4) is 0 Å². The molecule has 0 aliphatic carbocycles. The third-order valence-corrected chi connectivity index (χ3v) is 3.17. The van der Waals surface area contributed by atoms with Crippen LogP contribution in [-0.2, 0) is 0 Å². The van der Waals surface area contributed by atoms with Crippen LogP contribution in [-0.4, -0.2) is 11.8 Å². The highest BCUT2D eigenvalue weighted by atomic mass is 79.9. The highest BCUT2D eigenvalue weighted by Gasteiger charge is 2.30. The Balaban J connectivity index is 2.65. The van der Waals surface area contributed by atoms with E-state index in [0.717, 1.165) is 5.56 Å². The molecule has 1 aromatic carbocycles. The molecule has 3 nitrogen and oxygen atoms in total. The maximum absolute atomic E-state index is 11.5. The first-order valence-electron chi connectivity index (χ1n) is 4.40. The second kappa shape index (κ2) is 3.62. The molecule has 1 aliphatic rings. The summed E-state index contributed by atoms with van der Waals surface area (Å²) in [7, 11) is 0. The van der Waals surface area contributed by atoms with Gasteiger partial charge in [0, 0.05) is 0 Å². The highest BCUT2D eigenvalue weighted by molar-refractivity contribution is 9.09. The molecule has 15 heavy (non-hydrogen) atoms. The average Bonchev–Trinajstić information content (AvgIpc) is 2.54. The van der Waals surface area contributed by atoms with Crippen molar-refractivity contribution in [1.29, 1.82) is 0 Å². The molecule has 0 spiro atoms. The number of carbonyl (C=O) groups is 2. The van der Waals surface area contributed by atoms with Gasteiger partial charge in [-0.3, -0.25) is 14.9 Å². The van der Waals surface area contributed by atoms with E-state index in [-0.39, 0.29) is 16.6 Å². The predicted octanol–water partition coefficient (Wildman–Crippen LogP) is 2.19. The summed E-state index contributed by atoms with van der Waals surface area (Å²) < 4.78 is 0. The van der Waals surface area contributed by atoms with Crippen molar-refractivity contribution < 1.29 is 9.59 Å². The Kier molecular flexibility index (Phi) is 2.44. The van der Waals surface area contributed by atoms with Gasteiger partial charge in [0.25, 0.3) is 11.8 Å². The van der Waals surface area contributed by atoms with E-state index in [9.17, 15) is 9.59 Å². The number of amides is 2. The molecule has 1 atom stereocenters. The zero-order chi connectivity index (χ0) is 11.0. The van der Waals surface area contributed by atoms with Gasteiger partial charge in [-0.2, -0.15) is 0 Å². The monoisotopic (exact) mass is 265 g/mol. The van der Waals surface area contributed by atoms with E-state index < -0.39 is 0 Å². The number of hydrogen-bond acceptors (Lipinski definition) is 2. The minimum absolute atomic E-state index is 0.121. The number of alkyl halides is 1. The van der Waals surface area contributed by atoms with Gasteiger partial charge in [-0.05, 0) is 11.6 Å². The van der Waals surface area contributed by atoms with Gasteiger partial charge in [-0.15, -0.1) is 6.58 Å². The molecule has 0 fully saturated rings. The molecule has 1 aromatic rings. The molecular weight excluding hydrogens is 258 g/mol. The summed E-state index contributed by atoms with van der Waals surface area (Å²) in [6, 6.07) is 5.20. The molecule has 1 aliphatic heterocycles. The topological polar surface area (TPSA) is 46.2 Å². The summed E-state index contributed by atoms with van der Waals surface area (Å²) in [5.41, 5.74) is 1.65. The second-order valence-electron chi connectivity index (χ2n) is 3.19. The molecule has 1 N–H and O–H groups in total. The van der Waals surface area contributed by atoms with Crippen molar-refractivity contribution in [2.45, 2.75) is 4.83 Å². The van der Waals surface area contributed by atoms with Gasteiger partial charge in [0.05, 0.1) is 16.0 Å². The normalized spacial score (nSPS) is 15.8. The van der Waals surface area contributed by atoms with Crippen molar-refractivity contribution in [3.63, 3.8) is 0 Å². The Bertz CT molecular complexity index is 468. The fourth-order valence-electron chi connectivity index (χ4n) is 1.60. The van der Waals surface area contributed by atoms with E-state index in [1.807, 2.05) is 0 Å². The van der Waals surface area contributed by atoms with Crippen LogP contribution in [0.5, 0.6) is 0 Å². The van der Waals surface area contributed by atoms with Crippen LogP contribution >= 0.6 is 15.9 Å². The minimum atomic E-state index is -0.336. The maximum atomic E-state index is 11.5. The molecule has 0 aromatic heterocycles. The Labute approximate surface area is 95.3 Å². The van der Waals surface area contributed by atoms with Crippen molar-refractivity contribution in [3.05, 3.63) is 47.5 Å². The number of rotatable bonds is 2. The van der Waals surface area contributed by atoms with Crippen molar-refractivity contribution >= 4 is 27.7 Å². The van der Waals surface area contributed by atoms with Crippen LogP contribution in [0.15, 0.2) is 30.9 Å². The third-order valence-electron chi connectivity index (χ3n) is 2.30. The lowest BCUT2D eigenvalue weighted by Crippen LogP contribution is -2.20. The fourth-order valence-corrected chi connectivity index (χ4v) is 1.98. The Morgan fingerprint density at radius 3 is 2.73 bits per heavy atom. The van der Waals surface area contributed by atoms with Gasteiger partial charge in [-0.1, -0.05) is 34.1 Å². The van der Waals surface area contributed by atoms with Crippen molar-refractivity contribution in [2.24, 2.45) is 0 Å². The van der Waals surface area contributed by atoms with Crippen molar-refractivity contribution in [3.8, 4) is 0 Å². The number of imide groups is 1. The Morgan fingerprint density at radius 2 is 2.07 bits per heavy atom. The summed E-state index contributed by atoms with van der Waals surface area (Å²) in [5.74, 6) is -0.669. The first-order valence-corrected chi connectivity index (χ1v) is 5.32. The number of benzene rings is 1. The van der Waals surface area contributed by atoms with Gasteiger partial charge >= 0.3 is 0 Å². The molecule has 0 saturated heterocycles. The van der Waals surface area contributed by atoms with Crippen LogP contribution in [0.1, 0.15) is 31.1 Å². The van der Waals surface area contributed by atoms with Gasteiger partial charge in [-0.25, -0.2) is 0 Å². The SMILES string of the molecule is C=CC(Br)c1cccc2c1C(=O)NC2=O. The van der Waals surface area contributed by atoms with Crippen LogP contribution in [0.2, 0.25) is 0 Å². The zero-order valence-corrected chi connectivity index (χ0v) is 9.37. The van der Waals surface area contributed by atoms with E-state index >= 15 is 0 Å². The van der Waals surface area contributed by atoms with E-state index in [0.29, 0.717) is 11.1 Å². The van der Waals surface area contributed by atoms with E-state index in [1.54, 1.807) is 24.3 Å². The summed E-state index contributed by atoms with van der Waals surface area (Å²) >= 11 is 3.38. The summed E-state index contributed by atoms with van der Waals surface area (Å²) in [6.07, 6.45) is 1.67. The fraction of sp³-hybridized carbons (Fsp3) is 0.0909. The van der Waals surface area contributed by atoms with E-state index in [2.05, 4.69) is 27.8 Å². The van der Waals surface area contributed by atoms with Gasteiger partial charge in [0.2, 0.25) is 0 Å². The summed E-state index contributed by atoms with van der Waals surface area (Å²) in [5, 5.41) is 2.27. The van der Waals surface area contributed by atoms with Crippen molar-refractivity contribution in [1.82, 2.24) is 5.32 Å². The second-order valence-corrected chi connectivity index (χ2v) is 4.18. The third kappa shape index (κ3) is 1.51. The standard InChI is InChI=1S/C11H8BrNO2/c1-2-8(12)6-4-3-5-7-9(6)11(15)13-10(7)14/h2-5,8H,1H2,(H,13,14,15). The molecule has 1 unspecified atom stereocenters. The van der Waals surface area contributed by atoms with Crippen LogP contribution in [0.4, 0.5) is 0 Å². The number of fused-ring (bicyclic) bond motifs is 1. The smallest absolute Gasteiger partial charge is 0.259 e. The quantitative estimate of drug-likeness (QED) is 0.506. The number of carbonyl (C=O) groups excluding carboxylic acids is 2. The molecule has 0 saturated carbocycles. The molecule has 0 bridgehead atoms. The molecule has 4 heteroatoms. The van der Waals surface area contributed by atoms with Crippen LogP contribution in [0.25, 0.3) is 0 Å². The molecule has 2 amide bonds. The molecule has 0 radical (unpaired) electrons. The van der Waals surface area contributed by atoms with Crippen molar-refractivity contribution in [2.75, 3.05) is 0 Å². The van der Waals surface area contributed by atoms with E-state index in [1.165, 1.54) is 0 Å². The lowest BCUT2D eigenvalue weighted by atomic mass is 10.0. The highest BCUT2D eigenvalue weighted by Crippen LogP contribution is 2.30. The number of hydrogen-bond donors (Lipinski definition) is 1. The number of halogens is 1. The molecule has 76 valence electrons. The largest absolute Gasteiger partial charge is 0.288 e.